The molecule has 0 unspecified atom stereocenters. The molecule has 0 amide bonds. The number of fused-ring (bicyclic) bond motifs is 1. The van der Waals surface area contributed by atoms with E-state index in [0.29, 0.717) is 12.5 Å². The van der Waals surface area contributed by atoms with Crippen LogP contribution in [-0.2, 0) is 4.79 Å². The minimum absolute atomic E-state index is 0. The monoisotopic (exact) mass is 177 g/mol. The third-order valence-electron chi connectivity index (χ3n) is 2.98. The zero-order valence-electron chi connectivity index (χ0n) is 6.17. The minimum atomic E-state index is -0.603. The lowest BCUT2D eigenvalue weighted by molar-refractivity contribution is -0.156. The third kappa shape index (κ3) is 0.948. The summed E-state index contributed by atoms with van der Waals surface area (Å²) in [4.78, 5) is 10.7. The van der Waals surface area contributed by atoms with E-state index >= 15 is 0 Å². The van der Waals surface area contributed by atoms with Crippen molar-refractivity contribution in [1.29, 1.82) is 0 Å². The van der Waals surface area contributed by atoms with E-state index in [1.54, 1.807) is 0 Å². The molecule has 0 spiro atoms. The van der Waals surface area contributed by atoms with Gasteiger partial charge < -0.3 is 10.4 Å². The highest BCUT2D eigenvalue weighted by Crippen LogP contribution is 2.48. The van der Waals surface area contributed by atoms with E-state index in [-0.39, 0.29) is 17.8 Å². The number of hydrogen-bond acceptors (Lipinski definition) is 2. The van der Waals surface area contributed by atoms with Gasteiger partial charge in [0.2, 0.25) is 0 Å². The maximum atomic E-state index is 10.7. The Morgan fingerprint density at radius 1 is 1.64 bits per heavy atom. The first-order chi connectivity index (χ1) is 4.76. The average molecular weight is 178 g/mol. The van der Waals surface area contributed by atoms with Crippen molar-refractivity contribution in [3.63, 3.8) is 0 Å². The van der Waals surface area contributed by atoms with Gasteiger partial charge in [-0.2, -0.15) is 0 Å². The Kier molecular flexibility index (Phi) is 2.12. The van der Waals surface area contributed by atoms with Crippen molar-refractivity contribution >= 4 is 18.4 Å². The van der Waals surface area contributed by atoms with Gasteiger partial charge in [-0.3, -0.25) is 4.79 Å². The van der Waals surface area contributed by atoms with Crippen LogP contribution in [0.4, 0.5) is 0 Å². The lowest BCUT2D eigenvalue weighted by Gasteiger charge is -2.39. The van der Waals surface area contributed by atoms with Crippen LogP contribution in [0.3, 0.4) is 0 Å². The summed E-state index contributed by atoms with van der Waals surface area (Å²) in [6.45, 7) is 1.60. The van der Waals surface area contributed by atoms with Crippen LogP contribution < -0.4 is 5.32 Å². The summed E-state index contributed by atoms with van der Waals surface area (Å²) in [5.41, 5.74) is -0.361. The van der Waals surface area contributed by atoms with Gasteiger partial charge in [0.05, 0.1) is 5.41 Å². The van der Waals surface area contributed by atoms with E-state index in [1.807, 2.05) is 0 Å². The maximum Gasteiger partial charge on any atom is 0.311 e. The Bertz CT molecular complexity index is 185. The highest BCUT2D eigenvalue weighted by atomic mass is 35.5. The van der Waals surface area contributed by atoms with Gasteiger partial charge >= 0.3 is 5.97 Å². The largest absolute Gasteiger partial charge is 0.481 e. The molecular formula is C7H12ClNO2. The number of hydrogen-bond donors (Lipinski definition) is 2. The molecule has 64 valence electrons. The van der Waals surface area contributed by atoms with Crippen LogP contribution in [0.1, 0.15) is 12.8 Å². The zero-order chi connectivity index (χ0) is 7.19. The second-order valence-electron chi connectivity index (χ2n) is 3.33. The summed E-state index contributed by atoms with van der Waals surface area (Å²) in [5.74, 6) is -0.182. The first kappa shape index (κ1) is 8.81. The number of aliphatic carboxylic acids is 1. The van der Waals surface area contributed by atoms with E-state index in [0.717, 1.165) is 19.4 Å². The summed E-state index contributed by atoms with van der Waals surface area (Å²) in [6.07, 6.45) is 1.97. The maximum absolute atomic E-state index is 10.7. The Labute approximate surface area is 71.6 Å². The summed E-state index contributed by atoms with van der Waals surface area (Å²) in [7, 11) is 0. The Hall–Kier alpha value is -0.280. The molecule has 0 aromatic heterocycles. The first-order valence-electron chi connectivity index (χ1n) is 3.70. The van der Waals surface area contributed by atoms with Crippen LogP contribution in [0.25, 0.3) is 0 Å². The van der Waals surface area contributed by atoms with Gasteiger partial charge in [-0.15, -0.1) is 12.4 Å². The van der Waals surface area contributed by atoms with Crippen molar-refractivity contribution in [3.8, 4) is 0 Å². The molecule has 2 atom stereocenters. The SMILES string of the molecule is Cl.O=C(O)[C@]12CC[C@H]1CNC2. The lowest BCUT2D eigenvalue weighted by Crippen LogP contribution is -2.46. The molecule has 11 heavy (non-hydrogen) atoms. The Morgan fingerprint density at radius 2 is 2.36 bits per heavy atom. The molecule has 2 fully saturated rings. The lowest BCUT2D eigenvalue weighted by atomic mass is 9.62. The highest BCUT2D eigenvalue weighted by Gasteiger charge is 2.55. The van der Waals surface area contributed by atoms with E-state index in [2.05, 4.69) is 5.32 Å². The van der Waals surface area contributed by atoms with Crippen LogP contribution in [0, 0.1) is 11.3 Å². The average Bonchev–Trinajstić information content (AvgIpc) is 2.09. The standard InChI is InChI=1S/C7H11NO2.ClH/c9-6(10)7-2-1-5(7)3-8-4-7;/h5,8H,1-4H2,(H,9,10);1H/t5-,7-;/m0./s1. The van der Waals surface area contributed by atoms with Crippen molar-refractivity contribution in [3.05, 3.63) is 0 Å². The fourth-order valence-corrected chi connectivity index (χ4v) is 2.05. The molecule has 1 saturated carbocycles. The van der Waals surface area contributed by atoms with Gasteiger partial charge in [-0.05, 0) is 25.3 Å². The van der Waals surface area contributed by atoms with Gasteiger partial charge in [0.25, 0.3) is 0 Å². The molecule has 0 aromatic rings. The summed E-state index contributed by atoms with van der Waals surface area (Å²) in [5, 5.41) is 12.0. The predicted octanol–water partition coefficient (Wildman–Crippen LogP) is 0.492. The predicted molar refractivity (Wildman–Crippen MR) is 42.9 cm³/mol. The molecule has 3 nitrogen and oxygen atoms in total. The Morgan fingerprint density at radius 3 is 2.64 bits per heavy atom. The topological polar surface area (TPSA) is 49.3 Å². The number of carboxylic acids is 1. The van der Waals surface area contributed by atoms with Crippen molar-refractivity contribution < 1.29 is 9.90 Å². The van der Waals surface area contributed by atoms with Gasteiger partial charge in [-0.25, -0.2) is 0 Å². The fraction of sp³-hybridized carbons (Fsp3) is 0.857. The molecule has 2 N–H and O–H groups in total. The van der Waals surface area contributed by atoms with E-state index in [4.69, 9.17) is 5.11 Å². The molecule has 0 aromatic carbocycles. The van der Waals surface area contributed by atoms with Crippen LogP contribution in [0.2, 0.25) is 0 Å². The second kappa shape index (κ2) is 2.64. The quantitative estimate of drug-likeness (QED) is 0.613. The van der Waals surface area contributed by atoms with Gasteiger partial charge in [0.15, 0.2) is 0 Å². The van der Waals surface area contributed by atoms with Gasteiger partial charge in [-0.1, -0.05) is 0 Å². The zero-order valence-corrected chi connectivity index (χ0v) is 6.99. The normalized spacial score (nSPS) is 40.2. The van der Waals surface area contributed by atoms with Crippen molar-refractivity contribution in [2.75, 3.05) is 13.1 Å². The van der Waals surface area contributed by atoms with Crippen molar-refractivity contribution in [2.45, 2.75) is 12.8 Å². The smallest absolute Gasteiger partial charge is 0.311 e. The molecule has 1 heterocycles. The summed E-state index contributed by atoms with van der Waals surface area (Å²) in [6, 6.07) is 0. The number of carboxylic acid groups (broad SMARTS) is 1. The van der Waals surface area contributed by atoms with Crippen molar-refractivity contribution in [2.24, 2.45) is 11.3 Å². The number of carbonyl (C=O) groups is 1. The van der Waals surface area contributed by atoms with Gasteiger partial charge in [0, 0.05) is 6.54 Å². The number of nitrogens with one attached hydrogen (secondary N) is 1. The third-order valence-corrected chi connectivity index (χ3v) is 2.98. The van der Waals surface area contributed by atoms with Crippen LogP contribution in [0.5, 0.6) is 0 Å². The molecule has 0 bridgehead atoms. The summed E-state index contributed by atoms with van der Waals surface area (Å²) < 4.78 is 0. The molecule has 0 radical (unpaired) electrons. The number of halogens is 1. The van der Waals surface area contributed by atoms with Gasteiger partial charge in [0.1, 0.15) is 0 Å². The van der Waals surface area contributed by atoms with E-state index in [9.17, 15) is 4.79 Å². The van der Waals surface area contributed by atoms with Crippen LogP contribution in [-0.4, -0.2) is 24.2 Å². The molecule has 1 saturated heterocycles. The summed E-state index contributed by atoms with van der Waals surface area (Å²) >= 11 is 0. The second-order valence-corrected chi connectivity index (χ2v) is 3.33. The van der Waals surface area contributed by atoms with E-state index < -0.39 is 5.97 Å². The minimum Gasteiger partial charge on any atom is -0.481 e. The van der Waals surface area contributed by atoms with Crippen molar-refractivity contribution in [1.82, 2.24) is 5.32 Å². The molecule has 2 rings (SSSR count). The van der Waals surface area contributed by atoms with E-state index in [1.165, 1.54) is 0 Å². The van der Waals surface area contributed by atoms with Crippen LogP contribution >= 0.6 is 12.4 Å². The molecular weight excluding hydrogens is 166 g/mol. The van der Waals surface area contributed by atoms with Crippen LogP contribution in [0.15, 0.2) is 0 Å². The highest BCUT2D eigenvalue weighted by molar-refractivity contribution is 5.85. The number of rotatable bonds is 1. The molecule has 1 aliphatic heterocycles. The Balaban J connectivity index is 0.000000605. The fourth-order valence-electron chi connectivity index (χ4n) is 2.05. The molecule has 4 heteroatoms. The molecule has 2 aliphatic rings. The first-order valence-corrected chi connectivity index (χ1v) is 3.70. The molecule has 1 aliphatic carbocycles.